The fourth-order valence-corrected chi connectivity index (χ4v) is 1.48. The van der Waals surface area contributed by atoms with Gasteiger partial charge in [-0.3, -0.25) is 0 Å². The molecule has 1 heterocycles. The maximum atomic E-state index is 4.14. The molecule has 0 saturated heterocycles. The zero-order chi connectivity index (χ0) is 6.10. The smallest absolute Gasteiger partial charge is 0.0812 e. The first-order valence-corrected chi connectivity index (χ1v) is 3.63. The molecule has 0 unspecified atom stereocenters. The third-order valence-corrected chi connectivity index (χ3v) is 2.05. The van der Waals surface area contributed by atoms with Crippen molar-refractivity contribution in [1.82, 2.24) is 11.1 Å². The molecule has 1 aromatic carbocycles. The molecule has 0 aliphatic carbocycles. The molecule has 2 aromatic rings. The van der Waals surface area contributed by atoms with E-state index in [9.17, 15) is 0 Å². The van der Waals surface area contributed by atoms with Gasteiger partial charge in [0.05, 0.1) is 15.7 Å². The Kier molecular flexibility index (Phi) is 1.99. The number of thiazole rings is 1. The van der Waals surface area contributed by atoms with Crippen molar-refractivity contribution in [1.29, 1.82) is 0 Å². The standard InChI is InChI=1S/C7H5NS.N/c1-2-4-7-6(3-1)8-5-9-7;/h1-5H;. The van der Waals surface area contributed by atoms with Gasteiger partial charge < -0.3 is 0 Å². The van der Waals surface area contributed by atoms with Crippen molar-refractivity contribution < 1.29 is 0 Å². The van der Waals surface area contributed by atoms with Crippen LogP contribution in [0.4, 0.5) is 0 Å². The van der Waals surface area contributed by atoms with Crippen molar-refractivity contribution in [2.75, 3.05) is 0 Å². The summed E-state index contributed by atoms with van der Waals surface area (Å²) >= 11 is 1.68. The lowest BCUT2D eigenvalue weighted by molar-refractivity contribution is 1.50. The first-order valence-electron chi connectivity index (χ1n) is 2.75. The van der Waals surface area contributed by atoms with Crippen LogP contribution < -0.4 is 6.15 Å². The van der Waals surface area contributed by atoms with Gasteiger partial charge in [0.25, 0.3) is 0 Å². The van der Waals surface area contributed by atoms with Crippen LogP contribution in [0.25, 0.3) is 10.2 Å². The molecule has 3 heteroatoms. The number of para-hydroxylation sites is 1. The molecule has 2 rings (SSSR count). The van der Waals surface area contributed by atoms with Crippen LogP contribution in [0, 0.1) is 0 Å². The zero-order valence-electron chi connectivity index (χ0n) is 5.19. The minimum absolute atomic E-state index is 0. The summed E-state index contributed by atoms with van der Waals surface area (Å²) in [6.45, 7) is 0. The lowest BCUT2D eigenvalue weighted by atomic mass is 10.3. The highest BCUT2D eigenvalue weighted by atomic mass is 32.1. The molecule has 0 amide bonds. The normalized spacial score (nSPS) is 9.20. The molecule has 0 N–H and O–H groups in total. The zero-order valence-corrected chi connectivity index (χ0v) is 6.01. The minimum atomic E-state index is 0. The molecule has 0 aliphatic rings. The van der Waals surface area contributed by atoms with Gasteiger partial charge in [-0.2, -0.15) is 0 Å². The molecular formula is C7H5N2S. The molecule has 2 nitrogen and oxygen atoms in total. The summed E-state index contributed by atoms with van der Waals surface area (Å²) in [4.78, 5) is 4.14. The highest BCUT2D eigenvalue weighted by molar-refractivity contribution is 7.16. The number of rotatable bonds is 0. The first kappa shape index (κ1) is 7.18. The van der Waals surface area contributed by atoms with Gasteiger partial charge in [0.15, 0.2) is 0 Å². The third-order valence-electron chi connectivity index (χ3n) is 1.24. The maximum Gasteiger partial charge on any atom is 0.0812 e. The largest absolute Gasteiger partial charge is 0.245 e. The first-order chi connectivity index (χ1) is 4.47. The molecule has 0 fully saturated rings. The average Bonchev–Trinajstić information content (AvgIpc) is 2.33. The molecule has 1 aromatic heterocycles. The maximum absolute atomic E-state index is 4.14. The van der Waals surface area contributed by atoms with Crippen molar-refractivity contribution >= 4 is 21.6 Å². The van der Waals surface area contributed by atoms with Gasteiger partial charge in [0.1, 0.15) is 0 Å². The Morgan fingerprint density at radius 3 is 2.80 bits per heavy atom. The molecule has 10 heavy (non-hydrogen) atoms. The number of nitrogens with zero attached hydrogens (tertiary/aromatic N) is 2. The Morgan fingerprint density at radius 1 is 1.20 bits per heavy atom. The Labute approximate surface area is 63.1 Å². The van der Waals surface area contributed by atoms with Gasteiger partial charge in [-0.25, -0.2) is 4.98 Å². The average molecular weight is 149 g/mol. The quantitative estimate of drug-likeness (QED) is 0.563. The molecule has 0 aliphatic heterocycles. The van der Waals surface area contributed by atoms with E-state index < -0.39 is 0 Å². The summed E-state index contributed by atoms with van der Waals surface area (Å²) in [5.41, 5.74) is 2.97. The molecule has 0 spiro atoms. The van der Waals surface area contributed by atoms with Crippen molar-refractivity contribution in [3.63, 3.8) is 0 Å². The van der Waals surface area contributed by atoms with E-state index in [4.69, 9.17) is 0 Å². The number of benzene rings is 1. The summed E-state index contributed by atoms with van der Waals surface area (Å²) < 4.78 is 1.26. The Morgan fingerprint density at radius 2 is 2.00 bits per heavy atom. The van der Waals surface area contributed by atoms with Crippen LogP contribution in [0.2, 0.25) is 0 Å². The minimum Gasteiger partial charge on any atom is -0.245 e. The van der Waals surface area contributed by atoms with Gasteiger partial charge >= 0.3 is 0 Å². The Balaban J connectivity index is 0.000000500. The van der Waals surface area contributed by atoms with Crippen LogP contribution in [-0.4, -0.2) is 4.98 Å². The second-order valence-electron chi connectivity index (χ2n) is 1.82. The summed E-state index contributed by atoms with van der Waals surface area (Å²) in [6, 6.07) is 8.13. The molecule has 0 bridgehead atoms. The lowest BCUT2D eigenvalue weighted by Gasteiger charge is -1.80. The van der Waals surface area contributed by atoms with E-state index in [1.165, 1.54) is 4.70 Å². The predicted molar refractivity (Wildman–Crippen MR) is 41.8 cm³/mol. The third kappa shape index (κ3) is 1.01. The van der Waals surface area contributed by atoms with Crippen molar-refractivity contribution in [2.24, 2.45) is 0 Å². The fraction of sp³-hybridized carbons (Fsp3) is 0. The van der Waals surface area contributed by atoms with E-state index in [2.05, 4.69) is 11.1 Å². The predicted octanol–water partition coefficient (Wildman–Crippen LogP) is 1.82. The van der Waals surface area contributed by atoms with E-state index in [1.54, 1.807) is 11.3 Å². The van der Waals surface area contributed by atoms with Crippen molar-refractivity contribution in [3.05, 3.63) is 29.8 Å². The summed E-state index contributed by atoms with van der Waals surface area (Å²) in [7, 11) is 0. The van der Waals surface area contributed by atoms with Crippen LogP contribution in [0.15, 0.2) is 29.8 Å². The highest BCUT2D eigenvalue weighted by Gasteiger charge is 1.89. The monoisotopic (exact) mass is 149 g/mol. The van der Waals surface area contributed by atoms with E-state index in [1.807, 2.05) is 23.7 Å². The van der Waals surface area contributed by atoms with Crippen LogP contribution >= 0.6 is 11.3 Å². The second-order valence-corrected chi connectivity index (χ2v) is 2.71. The highest BCUT2D eigenvalue weighted by Crippen LogP contribution is 2.15. The van der Waals surface area contributed by atoms with Gasteiger partial charge in [-0.1, -0.05) is 12.1 Å². The van der Waals surface area contributed by atoms with Gasteiger partial charge in [0.2, 0.25) is 0 Å². The molecule has 0 saturated carbocycles. The van der Waals surface area contributed by atoms with E-state index >= 15 is 0 Å². The lowest BCUT2D eigenvalue weighted by Crippen LogP contribution is -1.61. The van der Waals surface area contributed by atoms with Crippen LogP contribution in [0.1, 0.15) is 0 Å². The molecular weight excluding hydrogens is 144 g/mol. The molecule has 3 radical (unpaired) electrons. The summed E-state index contributed by atoms with van der Waals surface area (Å²) in [6.07, 6.45) is 0. The fourth-order valence-electron chi connectivity index (χ4n) is 0.803. The number of fused-ring (bicyclic) bond motifs is 1. The topological polar surface area (TPSA) is 43.4 Å². The summed E-state index contributed by atoms with van der Waals surface area (Å²) in [5, 5.41) is 0. The van der Waals surface area contributed by atoms with E-state index in [-0.39, 0.29) is 6.15 Å². The van der Waals surface area contributed by atoms with E-state index in [0.717, 1.165) is 5.52 Å². The van der Waals surface area contributed by atoms with Crippen molar-refractivity contribution in [3.8, 4) is 0 Å². The SMILES string of the molecule is [N].c1ccc2scnc2c1. The van der Waals surface area contributed by atoms with E-state index in [0.29, 0.717) is 0 Å². The number of aromatic nitrogens is 1. The van der Waals surface area contributed by atoms with Gasteiger partial charge in [-0.15, -0.1) is 11.3 Å². The van der Waals surface area contributed by atoms with Gasteiger partial charge in [0, 0.05) is 6.15 Å². The van der Waals surface area contributed by atoms with Crippen LogP contribution in [0.5, 0.6) is 0 Å². The second kappa shape index (κ2) is 2.77. The van der Waals surface area contributed by atoms with Gasteiger partial charge in [-0.05, 0) is 12.1 Å². The summed E-state index contributed by atoms with van der Waals surface area (Å²) in [5.74, 6) is 0. The van der Waals surface area contributed by atoms with Crippen molar-refractivity contribution in [2.45, 2.75) is 0 Å². The van der Waals surface area contributed by atoms with Crippen LogP contribution in [-0.2, 0) is 0 Å². The molecule has 0 atom stereocenters. The van der Waals surface area contributed by atoms with Crippen LogP contribution in [0.3, 0.4) is 0 Å². The molecule has 49 valence electrons. The number of hydrogen-bond donors (Lipinski definition) is 0. The number of hydrogen-bond acceptors (Lipinski definition) is 2. The Bertz CT molecular complexity index is 286. The Hall–Kier alpha value is -0.930.